The maximum absolute atomic E-state index is 12.9. The van der Waals surface area contributed by atoms with Gasteiger partial charge in [-0.05, 0) is 78.0 Å². The van der Waals surface area contributed by atoms with Gasteiger partial charge in [-0.15, -0.1) is 11.3 Å². The third-order valence-electron chi connectivity index (χ3n) is 5.93. The lowest BCUT2D eigenvalue weighted by Gasteiger charge is -2.29. The van der Waals surface area contributed by atoms with Gasteiger partial charge in [-0.3, -0.25) is 4.79 Å². The molecule has 0 fully saturated rings. The Balaban J connectivity index is 2.05. The normalized spacial score (nSPS) is 15.0. The SMILES string of the molecule is CC(=O)C(OC(C)(C)C)c1c(C)nc2sc3c(c2c1-c1ccc(N(C)C)nc1)CCCC3. The van der Waals surface area contributed by atoms with Crippen LogP contribution in [0.1, 0.15) is 68.3 Å². The summed E-state index contributed by atoms with van der Waals surface area (Å²) in [7, 11) is 3.97. The number of carbonyl (C=O) groups excluding carboxylic acids is 1. The van der Waals surface area contributed by atoms with Crippen LogP contribution in [-0.2, 0) is 22.4 Å². The van der Waals surface area contributed by atoms with Crippen LogP contribution in [0.5, 0.6) is 0 Å². The predicted octanol–water partition coefficient (Wildman–Crippen LogP) is 6.06. The lowest BCUT2D eigenvalue weighted by atomic mass is 9.87. The molecule has 0 aliphatic heterocycles. The molecular formula is C26H33N3O2S. The molecule has 1 atom stereocenters. The molecule has 0 saturated heterocycles. The number of anilines is 1. The highest BCUT2D eigenvalue weighted by Crippen LogP contribution is 2.45. The van der Waals surface area contributed by atoms with E-state index in [4.69, 9.17) is 14.7 Å². The molecule has 5 nitrogen and oxygen atoms in total. The molecule has 4 rings (SSSR count). The van der Waals surface area contributed by atoms with E-state index < -0.39 is 11.7 Å². The van der Waals surface area contributed by atoms with Crippen LogP contribution in [0, 0.1) is 6.92 Å². The van der Waals surface area contributed by atoms with Crippen LogP contribution in [-0.4, -0.2) is 35.4 Å². The van der Waals surface area contributed by atoms with E-state index >= 15 is 0 Å². The Kier molecular flexibility index (Phi) is 6.12. The summed E-state index contributed by atoms with van der Waals surface area (Å²) < 4.78 is 6.35. The minimum Gasteiger partial charge on any atom is -0.363 e. The molecule has 3 aromatic heterocycles. The third-order valence-corrected chi connectivity index (χ3v) is 7.11. The van der Waals surface area contributed by atoms with Gasteiger partial charge in [-0.1, -0.05) is 0 Å². The van der Waals surface area contributed by atoms with E-state index in [9.17, 15) is 4.79 Å². The zero-order valence-electron chi connectivity index (χ0n) is 20.2. The Bertz CT molecular complexity index is 1160. The second-order valence-electron chi connectivity index (χ2n) is 9.90. The smallest absolute Gasteiger partial charge is 0.163 e. The van der Waals surface area contributed by atoms with Crippen LogP contribution in [0.2, 0.25) is 0 Å². The standard InChI is InChI=1S/C26H33N3O2S/c1-15-21(24(16(2)30)31-26(3,4)5)22(17-12-13-20(27-14-17)29(6)7)23-18-10-8-9-11-19(18)32-25(23)28-15/h12-14,24H,8-11H2,1-7H3. The number of ether oxygens (including phenoxy) is 1. The number of carbonyl (C=O) groups is 1. The van der Waals surface area contributed by atoms with Crippen molar-refractivity contribution < 1.29 is 9.53 Å². The zero-order valence-corrected chi connectivity index (χ0v) is 21.0. The van der Waals surface area contributed by atoms with Crippen molar-refractivity contribution in [2.75, 3.05) is 19.0 Å². The Morgan fingerprint density at radius 2 is 1.91 bits per heavy atom. The number of hydrogen-bond donors (Lipinski definition) is 0. The molecule has 0 amide bonds. The van der Waals surface area contributed by atoms with E-state index in [0.29, 0.717) is 0 Å². The Labute approximate surface area is 194 Å². The van der Waals surface area contributed by atoms with E-state index in [0.717, 1.165) is 45.9 Å². The van der Waals surface area contributed by atoms with E-state index in [2.05, 4.69) is 6.07 Å². The van der Waals surface area contributed by atoms with Crippen molar-refractivity contribution in [2.24, 2.45) is 0 Å². The Morgan fingerprint density at radius 1 is 1.19 bits per heavy atom. The molecule has 0 bridgehead atoms. The average Bonchev–Trinajstić information content (AvgIpc) is 3.08. The van der Waals surface area contributed by atoms with E-state index in [1.165, 1.54) is 28.7 Å². The summed E-state index contributed by atoms with van der Waals surface area (Å²) >= 11 is 1.81. The largest absolute Gasteiger partial charge is 0.363 e. The first-order valence-corrected chi connectivity index (χ1v) is 12.1. The van der Waals surface area contributed by atoms with Gasteiger partial charge in [0.15, 0.2) is 5.78 Å². The van der Waals surface area contributed by atoms with Gasteiger partial charge < -0.3 is 9.64 Å². The number of ketones is 1. The van der Waals surface area contributed by atoms with Crippen LogP contribution in [0.15, 0.2) is 18.3 Å². The topological polar surface area (TPSA) is 55.3 Å². The highest BCUT2D eigenvalue weighted by Gasteiger charge is 2.32. The second-order valence-corrected chi connectivity index (χ2v) is 11.0. The third kappa shape index (κ3) is 4.30. The lowest BCUT2D eigenvalue weighted by Crippen LogP contribution is -2.27. The number of pyridine rings is 2. The van der Waals surface area contributed by atoms with Crippen molar-refractivity contribution >= 4 is 33.2 Å². The van der Waals surface area contributed by atoms with E-state index in [-0.39, 0.29) is 5.78 Å². The molecule has 0 radical (unpaired) electrons. The Hall–Kier alpha value is -2.31. The van der Waals surface area contributed by atoms with Crippen LogP contribution >= 0.6 is 11.3 Å². The van der Waals surface area contributed by atoms with Crippen molar-refractivity contribution in [1.82, 2.24) is 9.97 Å². The van der Waals surface area contributed by atoms with Crippen molar-refractivity contribution in [3.63, 3.8) is 0 Å². The maximum atomic E-state index is 12.9. The van der Waals surface area contributed by atoms with E-state index in [1.807, 2.05) is 70.3 Å². The first-order chi connectivity index (χ1) is 15.1. The monoisotopic (exact) mass is 451 g/mol. The molecular weight excluding hydrogens is 418 g/mol. The minimum absolute atomic E-state index is 0.00704. The summed E-state index contributed by atoms with van der Waals surface area (Å²) in [6.07, 6.45) is 5.83. The number of nitrogens with zero attached hydrogens (tertiary/aromatic N) is 3. The fourth-order valence-corrected chi connectivity index (χ4v) is 5.85. The molecule has 0 N–H and O–H groups in total. The van der Waals surface area contributed by atoms with Crippen molar-refractivity contribution in [1.29, 1.82) is 0 Å². The number of aryl methyl sites for hydroxylation is 3. The average molecular weight is 452 g/mol. The molecule has 1 aliphatic carbocycles. The number of rotatable bonds is 5. The summed E-state index contributed by atoms with van der Waals surface area (Å²) in [5, 5.41) is 1.19. The Morgan fingerprint density at radius 3 is 2.50 bits per heavy atom. The van der Waals surface area contributed by atoms with E-state index in [1.54, 1.807) is 6.92 Å². The number of Topliss-reactive ketones (excluding diaryl/α,β-unsaturated/α-hetero) is 1. The molecule has 1 unspecified atom stereocenters. The molecule has 3 heterocycles. The van der Waals surface area contributed by atoms with Crippen LogP contribution in [0.25, 0.3) is 21.3 Å². The van der Waals surface area contributed by atoms with Crippen molar-refractivity contribution in [2.45, 2.75) is 72.0 Å². The fourth-order valence-electron chi connectivity index (χ4n) is 4.53. The lowest BCUT2D eigenvalue weighted by molar-refractivity contribution is -0.138. The first kappa shape index (κ1) is 22.9. The van der Waals surface area contributed by atoms with Crippen LogP contribution in [0.4, 0.5) is 5.82 Å². The number of thiophene rings is 1. The van der Waals surface area contributed by atoms with Crippen molar-refractivity contribution in [3.8, 4) is 11.1 Å². The first-order valence-electron chi connectivity index (χ1n) is 11.3. The fraction of sp³-hybridized carbons (Fsp3) is 0.500. The minimum atomic E-state index is -0.672. The van der Waals surface area contributed by atoms with Gasteiger partial charge in [0.1, 0.15) is 16.8 Å². The quantitative estimate of drug-likeness (QED) is 0.472. The maximum Gasteiger partial charge on any atom is 0.163 e. The molecule has 0 saturated carbocycles. The highest BCUT2D eigenvalue weighted by molar-refractivity contribution is 7.19. The van der Waals surface area contributed by atoms with Crippen LogP contribution < -0.4 is 4.90 Å². The van der Waals surface area contributed by atoms with Gasteiger partial charge in [-0.2, -0.15) is 0 Å². The molecule has 0 aromatic carbocycles. The molecule has 32 heavy (non-hydrogen) atoms. The molecule has 1 aliphatic rings. The number of hydrogen-bond acceptors (Lipinski definition) is 6. The molecule has 170 valence electrons. The predicted molar refractivity (Wildman–Crippen MR) is 133 cm³/mol. The van der Waals surface area contributed by atoms with Gasteiger partial charge >= 0.3 is 0 Å². The van der Waals surface area contributed by atoms with Crippen LogP contribution in [0.3, 0.4) is 0 Å². The second kappa shape index (κ2) is 8.56. The number of fused-ring (bicyclic) bond motifs is 3. The van der Waals surface area contributed by atoms with Gasteiger partial charge in [-0.25, -0.2) is 9.97 Å². The molecule has 6 heteroatoms. The number of aromatic nitrogens is 2. The van der Waals surface area contributed by atoms with Gasteiger partial charge in [0.2, 0.25) is 0 Å². The molecule has 0 spiro atoms. The molecule has 3 aromatic rings. The highest BCUT2D eigenvalue weighted by atomic mass is 32.1. The van der Waals surface area contributed by atoms with Gasteiger partial charge in [0.25, 0.3) is 0 Å². The van der Waals surface area contributed by atoms with Crippen molar-refractivity contribution in [3.05, 3.63) is 40.0 Å². The summed E-state index contributed by atoms with van der Waals surface area (Å²) in [4.78, 5) is 27.1. The van der Waals surface area contributed by atoms with Gasteiger partial charge in [0, 0.05) is 52.9 Å². The summed E-state index contributed by atoms with van der Waals surface area (Å²) in [5.41, 5.74) is 4.74. The zero-order chi connectivity index (χ0) is 23.2. The summed E-state index contributed by atoms with van der Waals surface area (Å²) in [6.45, 7) is 9.58. The van der Waals surface area contributed by atoms with Gasteiger partial charge in [0.05, 0.1) is 5.60 Å². The summed E-state index contributed by atoms with van der Waals surface area (Å²) in [5.74, 6) is 0.895. The summed E-state index contributed by atoms with van der Waals surface area (Å²) in [6, 6.07) is 4.15.